The zero-order valence-corrected chi connectivity index (χ0v) is 6.60. The van der Waals surface area contributed by atoms with E-state index in [0.717, 1.165) is 0 Å². The Morgan fingerprint density at radius 2 is 2.08 bits per heavy atom. The normalized spacial score (nSPS) is 12.4. The summed E-state index contributed by atoms with van der Waals surface area (Å²) >= 11 is 0. The summed E-state index contributed by atoms with van der Waals surface area (Å²) in [6.07, 6.45) is -3.29. The van der Waals surface area contributed by atoms with Gasteiger partial charge in [0.1, 0.15) is 12.3 Å². The van der Waals surface area contributed by atoms with Crippen molar-refractivity contribution in [2.24, 2.45) is 5.73 Å². The summed E-state index contributed by atoms with van der Waals surface area (Å²) in [7, 11) is 0. The van der Waals surface area contributed by atoms with Crippen LogP contribution >= 0.6 is 0 Å². The van der Waals surface area contributed by atoms with Crippen molar-refractivity contribution in [2.75, 3.05) is 6.61 Å². The number of halogens is 3. The van der Waals surface area contributed by atoms with Gasteiger partial charge < -0.3 is 10.5 Å². The maximum Gasteiger partial charge on any atom is 0.430 e. The molecule has 0 aromatic rings. The Morgan fingerprint density at radius 3 is 2.46 bits per heavy atom. The highest BCUT2D eigenvalue weighted by Crippen LogP contribution is 2.20. The second kappa shape index (κ2) is 4.54. The molecule has 0 rings (SSSR count). The lowest BCUT2D eigenvalue weighted by Gasteiger charge is -2.05. The van der Waals surface area contributed by atoms with E-state index in [0.29, 0.717) is 0 Å². The summed E-state index contributed by atoms with van der Waals surface area (Å²) in [5.74, 6) is -1.14. The highest BCUT2D eigenvalue weighted by molar-refractivity contribution is 5.82. The van der Waals surface area contributed by atoms with Crippen LogP contribution in [0.2, 0.25) is 0 Å². The Kier molecular flexibility index (Phi) is 4.03. The lowest BCUT2D eigenvalue weighted by Crippen LogP contribution is -2.21. The van der Waals surface area contributed by atoms with Gasteiger partial charge in [-0.2, -0.15) is 13.2 Å². The fraction of sp³-hybridized carbons (Fsp3) is 0.286. The number of esters is 1. The highest BCUT2D eigenvalue weighted by atomic mass is 19.4. The summed E-state index contributed by atoms with van der Waals surface area (Å²) in [5.41, 5.74) is 3.05. The van der Waals surface area contributed by atoms with Crippen LogP contribution in [-0.2, 0) is 9.53 Å². The molecule has 0 spiro atoms. The van der Waals surface area contributed by atoms with Gasteiger partial charge in [0.05, 0.1) is 6.08 Å². The molecular weight excluding hydrogens is 187 g/mol. The maximum absolute atomic E-state index is 11.7. The minimum atomic E-state index is -4.70. The predicted octanol–water partition coefficient (Wildman–Crippen LogP) is 1.12. The van der Waals surface area contributed by atoms with E-state index in [2.05, 4.69) is 17.0 Å². The van der Waals surface area contributed by atoms with E-state index in [9.17, 15) is 18.0 Å². The van der Waals surface area contributed by atoms with Gasteiger partial charge in [-0.3, -0.25) is 0 Å². The van der Waals surface area contributed by atoms with Crippen LogP contribution in [0.15, 0.2) is 24.4 Å². The Hall–Kier alpha value is -1.46. The predicted molar refractivity (Wildman–Crippen MR) is 39.5 cm³/mol. The summed E-state index contributed by atoms with van der Waals surface area (Å²) in [6, 6.07) is 0. The molecule has 6 heteroatoms. The van der Waals surface area contributed by atoms with Gasteiger partial charge >= 0.3 is 12.1 Å². The largest absolute Gasteiger partial charge is 0.458 e. The first-order chi connectivity index (χ1) is 5.88. The smallest absolute Gasteiger partial charge is 0.430 e. The molecule has 0 aromatic carbocycles. The van der Waals surface area contributed by atoms with Crippen molar-refractivity contribution in [3.63, 3.8) is 0 Å². The standard InChI is InChI=1S/C7H8F3NO2/c1-2-3-13-6(12)4-5(11)7(8,9)10/h2,4H,1,3,11H2/b5-4-. The van der Waals surface area contributed by atoms with Crippen molar-refractivity contribution in [1.82, 2.24) is 0 Å². The quantitative estimate of drug-likeness (QED) is 0.417. The lowest BCUT2D eigenvalue weighted by atomic mass is 10.4. The van der Waals surface area contributed by atoms with Gasteiger partial charge in [-0.25, -0.2) is 4.79 Å². The minimum Gasteiger partial charge on any atom is -0.458 e. The van der Waals surface area contributed by atoms with Crippen molar-refractivity contribution in [2.45, 2.75) is 6.18 Å². The lowest BCUT2D eigenvalue weighted by molar-refractivity contribution is -0.137. The second-order valence-electron chi connectivity index (χ2n) is 2.02. The number of nitrogens with two attached hydrogens (primary N) is 1. The van der Waals surface area contributed by atoms with Gasteiger partial charge in [0.25, 0.3) is 0 Å². The molecule has 0 aliphatic heterocycles. The van der Waals surface area contributed by atoms with Crippen LogP contribution in [0.1, 0.15) is 0 Å². The number of rotatable bonds is 3. The Labute approximate surface area is 72.7 Å². The molecule has 0 amide bonds. The zero-order chi connectivity index (χ0) is 10.5. The van der Waals surface area contributed by atoms with E-state index in [1.165, 1.54) is 6.08 Å². The van der Waals surface area contributed by atoms with E-state index in [-0.39, 0.29) is 12.7 Å². The van der Waals surface area contributed by atoms with Gasteiger partial charge in [0.15, 0.2) is 0 Å². The first-order valence-electron chi connectivity index (χ1n) is 3.20. The van der Waals surface area contributed by atoms with Crippen LogP contribution in [0.4, 0.5) is 13.2 Å². The molecular formula is C7H8F3NO2. The number of hydrogen-bond acceptors (Lipinski definition) is 3. The maximum atomic E-state index is 11.7. The number of carbonyl (C=O) groups is 1. The third-order valence-electron chi connectivity index (χ3n) is 0.944. The van der Waals surface area contributed by atoms with Gasteiger partial charge in [0.2, 0.25) is 0 Å². The van der Waals surface area contributed by atoms with E-state index in [1.807, 2.05) is 0 Å². The van der Waals surface area contributed by atoms with Gasteiger partial charge in [-0.1, -0.05) is 12.7 Å². The summed E-state index contributed by atoms with van der Waals surface area (Å²) in [4.78, 5) is 10.5. The summed E-state index contributed by atoms with van der Waals surface area (Å²) in [6.45, 7) is 3.06. The second-order valence-corrected chi connectivity index (χ2v) is 2.02. The van der Waals surface area contributed by atoms with Crippen LogP contribution in [0.25, 0.3) is 0 Å². The van der Waals surface area contributed by atoms with Crippen molar-refractivity contribution < 1.29 is 22.7 Å². The monoisotopic (exact) mass is 195 g/mol. The number of alkyl halides is 3. The number of hydrogen-bond donors (Lipinski definition) is 1. The fourth-order valence-corrected chi connectivity index (χ4v) is 0.392. The van der Waals surface area contributed by atoms with Crippen LogP contribution in [0.3, 0.4) is 0 Å². The van der Waals surface area contributed by atoms with Gasteiger partial charge in [0, 0.05) is 0 Å². The molecule has 0 bridgehead atoms. The van der Waals surface area contributed by atoms with Gasteiger partial charge in [-0.15, -0.1) is 0 Å². The molecule has 0 heterocycles. The van der Waals surface area contributed by atoms with Crippen LogP contribution < -0.4 is 5.73 Å². The molecule has 0 saturated carbocycles. The van der Waals surface area contributed by atoms with Crippen LogP contribution in [0, 0.1) is 0 Å². The van der Waals surface area contributed by atoms with Crippen molar-refractivity contribution in [3.05, 3.63) is 24.4 Å². The molecule has 0 aliphatic rings. The molecule has 2 N–H and O–H groups in total. The number of ether oxygens (including phenoxy) is 1. The Balaban J connectivity index is 4.22. The summed E-state index contributed by atoms with van der Waals surface area (Å²) < 4.78 is 39.4. The molecule has 0 saturated heterocycles. The van der Waals surface area contributed by atoms with Gasteiger partial charge in [-0.05, 0) is 0 Å². The third-order valence-corrected chi connectivity index (χ3v) is 0.944. The average Bonchev–Trinajstić information content (AvgIpc) is 1.99. The molecule has 0 radical (unpaired) electrons. The van der Waals surface area contributed by atoms with E-state index < -0.39 is 17.8 Å². The number of carbonyl (C=O) groups excluding carboxylic acids is 1. The molecule has 0 aromatic heterocycles. The molecule has 13 heavy (non-hydrogen) atoms. The summed E-state index contributed by atoms with van der Waals surface area (Å²) in [5, 5.41) is 0. The van der Waals surface area contributed by atoms with E-state index in [4.69, 9.17) is 0 Å². The van der Waals surface area contributed by atoms with Crippen molar-refractivity contribution in [1.29, 1.82) is 0 Å². The van der Waals surface area contributed by atoms with Crippen molar-refractivity contribution >= 4 is 5.97 Å². The van der Waals surface area contributed by atoms with Crippen LogP contribution in [-0.4, -0.2) is 18.8 Å². The molecule has 0 fully saturated rings. The average molecular weight is 195 g/mol. The first kappa shape index (κ1) is 11.5. The molecule has 0 unspecified atom stereocenters. The number of allylic oxidation sites excluding steroid dienone is 1. The van der Waals surface area contributed by atoms with Crippen molar-refractivity contribution in [3.8, 4) is 0 Å². The molecule has 0 aliphatic carbocycles. The Morgan fingerprint density at radius 1 is 1.54 bits per heavy atom. The van der Waals surface area contributed by atoms with Crippen LogP contribution in [0.5, 0.6) is 0 Å². The first-order valence-corrected chi connectivity index (χ1v) is 3.20. The molecule has 74 valence electrons. The Bertz CT molecular complexity index is 232. The minimum absolute atomic E-state index is 0.152. The van der Waals surface area contributed by atoms with E-state index >= 15 is 0 Å². The highest BCUT2D eigenvalue weighted by Gasteiger charge is 2.32. The third kappa shape index (κ3) is 4.89. The zero-order valence-electron chi connectivity index (χ0n) is 6.60. The molecule has 3 nitrogen and oxygen atoms in total. The SMILES string of the molecule is C=CCOC(=O)/C=C(\N)C(F)(F)F. The molecule has 0 atom stereocenters. The van der Waals surface area contributed by atoms with E-state index in [1.54, 1.807) is 0 Å². The topological polar surface area (TPSA) is 52.3 Å². The fourth-order valence-electron chi connectivity index (χ4n) is 0.392.